The molecule has 2 aromatic carbocycles. The molecule has 1 aliphatic rings. The maximum absolute atomic E-state index is 12.6. The van der Waals surface area contributed by atoms with Crippen molar-refractivity contribution in [3.05, 3.63) is 70.5 Å². The number of benzene rings is 2. The molecule has 0 radical (unpaired) electrons. The Hall–Kier alpha value is -2.35. The van der Waals surface area contributed by atoms with Crippen LogP contribution in [0.1, 0.15) is 39.2 Å². The van der Waals surface area contributed by atoms with E-state index in [1.807, 2.05) is 43.3 Å². The van der Waals surface area contributed by atoms with Gasteiger partial charge in [0.25, 0.3) is 0 Å². The number of aryl methyl sites for hydroxylation is 3. The normalized spacial score (nSPS) is 13.6. The second-order valence-electron chi connectivity index (χ2n) is 5.82. The topological polar surface area (TPSA) is 30.2 Å². The van der Waals surface area contributed by atoms with E-state index >= 15 is 0 Å². The summed E-state index contributed by atoms with van der Waals surface area (Å²) in [6.45, 7) is 2.04. The number of hydrogen-bond donors (Lipinski definition) is 0. The number of furan rings is 1. The summed E-state index contributed by atoms with van der Waals surface area (Å²) >= 11 is 0. The molecule has 21 heavy (non-hydrogen) atoms. The van der Waals surface area contributed by atoms with Gasteiger partial charge in [-0.15, -0.1) is 0 Å². The average molecular weight is 276 g/mol. The smallest absolute Gasteiger partial charge is 0.228 e. The molecule has 0 spiro atoms. The van der Waals surface area contributed by atoms with Crippen LogP contribution >= 0.6 is 0 Å². The van der Waals surface area contributed by atoms with Gasteiger partial charge in [-0.05, 0) is 61.6 Å². The highest BCUT2D eigenvalue weighted by molar-refractivity contribution is 6.09. The molecule has 0 fully saturated rings. The number of rotatable bonds is 2. The lowest BCUT2D eigenvalue weighted by molar-refractivity contribution is 0.101. The van der Waals surface area contributed by atoms with Gasteiger partial charge in [0.15, 0.2) is 5.76 Å². The van der Waals surface area contributed by atoms with E-state index in [0.29, 0.717) is 5.76 Å². The Balaban J connectivity index is 1.75. The van der Waals surface area contributed by atoms with Crippen molar-refractivity contribution in [3.8, 4) is 0 Å². The van der Waals surface area contributed by atoms with Crippen LogP contribution in [0.2, 0.25) is 0 Å². The average Bonchev–Trinajstić information content (AvgIpc) is 3.11. The number of hydrogen-bond acceptors (Lipinski definition) is 2. The second-order valence-corrected chi connectivity index (χ2v) is 5.82. The first-order valence-electron chi connectivity index (χ1n) is 7.37. The first kappa shape index (κ1) is 12.4. The maximum Gasteiger partial charge on any atom is 0.228 e. The molecule has 1 heterocycles. The van der Waals surface area contributed by atoms with Crippen molar-refractivity contribution in [1.29, 1.82) is 0 Å². The highest BCUT2D eigenvalue weighted by Gasteiger charge is 2.18. The van der Waals surface area contributed by atoms with Gasteiger partial charge >= 0.3 is 0 Å². The monoisotopic (exact) mass is 276 g/mol. The molecule has 2 nitrogen and oxygen atoms in total. The molecule has 2 heteroatoms. The number of fused-ring (bicyclic) bond motifs is 2. The van der Waals surface area contributed by atoms with Crippen molar-refractivity contribution >= 4 is 16.8 Å². The molecule has 0 bridgehead atoms. The lowest BCUT2D eigenvalue weighted by Gasteiger charge is -2.02. The summed E-state index contributed by atoms with van der Waals surface area (Å²) < 4.78 is 5.71. The summed E-state index contributed by atoms with van der Waals surface area (Å²) in [7, 11) is 0. The molecule has 1 aliphatic carbocycles. The lowest BCUT2D eigenvalue weighted by Crippen LogP contribution is -2.00. The fourth-order valence-electron chi connectivity index (χ4n) is 3.13. The van der Waals surface area contributed by atoms with Crippen molar-refractivity contribution in [3.63, 3.8) is 0 Å². The third-order valence-electron chi connectivity index (χ3n) is 4.26. The molecule has 0 amide bonds. The van der Waals surface area contributed by atoms with Crippen LogP contribution in [-0.2, 0) is 12.8 Å². The second kappa shape index (κ2) is 4.59. The van der Waals surface area contributed by atoms with Crippen LogP contribution in [0.5, 0.6) is 0 Å². The van der Waals surface area contributed by atoms with E-state index in [-0.39, 0.29) is 5.78 Å². The Morgan fingerprint density at radius 2 is 1.86 bits per heavy atom. The zero-order valence-electron chi connectivity index (χ0n) is 12.0. The van der Waals surface area contributed by atoms with E-state index in [1.165, 1.54) is 23.1 Å². The maximum atomic E-state index is 12.6. The minimum absolute atomic E-state index is 0.0291. The first-order chi connectivity index (χ1) is 10.2. The minimum Gasteiger partial charge on any atom is -0.453 e. The lowest BCUT2D eigenvalue weighted by atomic mass is 10.0. The molecule has 1 aromatic heterocycles. The predicted molar refractivity (Wildman–Crippen MR) is 82.9 cm³/mol. The van der Waals surface area contributed by atoms with Crippen LogP contribution in [0.4, 0.5) is 0 Å². The van der Waals surface area contributed by atoms with Gasteiger partial charge in [0.2, 0.25) is 5.78 Å². The van der Waals surface area contributed by atoms with Crippen LogP contribution in [-0.4, -0.2) is 5.78 Å². The standard InChI is InChI=1S/C19H16O2/c1-12-5-8-17-16(9-12)11-18(21-17)19(20)15-7-6-13-3-2-4-14(13)10-15/h5-11H,2-4H2,1H3. The van der Waals surface area contributed by atoms with Crippen LogP contribution < -0.4 is 0 Å². The van der Waals surface area contributed by atoms with E-state index in [4.69, 9.17) is 4.42 Å². The summed E-state index contributed by atoms with van der Waals surface area (Å²) in [4.78, 5) is 12.6. The fraction of sp³-hybridized carbons (Fsp3) is 0.211. The molecule has 3 aromatic rings. The summed E-state index contributed by atoms with van der Waals surface area (Å²) in [6, 6.07) is 13.8. The Morgan fingerprint density at radius 3 is 2.76 bits per heavy atom. The number of ketones is 1. The van der Waals surface area contributed by atoms with Crippen molar-refractivity contribution in [1.82, 2.24) is 0 Å². The van der Waals surface area contributed by atoms with Crippen LogP contribution in [0.25, 0.3) is 11.0 Å². The number of carbonyl (C=O) groups is 1. The van der Waals surface area contributed by atoms with Gasteiger partial charge in [0.05, 0.1) is 0 Å². The van der Waals surface area contributed by atoms with Gasteiger partial charge in [-0.2, -0.15) is 0 Å². The summed E-state index contributed by atoms with van der Waals surface area (Å²) in [5.74, 6) is 0.395. The van der Waals surface area contributed by atoms with Gasteiger partial charge in [-0.1, -0.05) is 23.8 Å². The highest BCUT2D eigenvalue weighted by atomic mass is 16.3. The molecular weight excluding hydrogens is 260 g/mol. The Kier molecular flexibility index (Phi) is 2.71. The highest BCUT2D eigenvalue weighted by Crippen LogP contribution is 2.26. The molecule has 0 saturated carbocycles. The van der Waals surface area contributed by atoms with Gasteiger partial charge in [-0.25, -0.2) is 0 Å². The third kappa shape index (κ3) is 2.07. The van der Waals surface area contributed by atoms with Gasteiger partial charge < -0.3 is 4.42 Å². The van der Waals surface area contributed by atoms with E-state index in [9.17, 15) is 4.79 Å². The Morgan fingerprint density at radius 1 is 1.00 bits per heavy atom. The van der Waals surface area contributed by atoms with E-state index in [0.717, 1.165) is 29.4 Å². The minimum atomic E-state index is -0.0291. The Bertz CT molecular complexity index is 855. The molecular formula is C19H16O2. The van der Waals surface area contributed by atoms with Gasteiger partial charge in [0, 0.05) is 10.9 Å². The molecule has 0 unspecified atom stereocenters. The van der Waals surface area contributed by atoms with E-state index < -0.39 is 0 Å². The third-order valence-corrected chi connectivity index (χ3v) is 4.26. The van der Waals surface area contributed by atoms with Crippen molar-refractivity contribution in [2.24, 2.45) is 0 Å². The van der Waals surface area contributed by atoms with Gasteiger partial charge in [-0.3, -0.25) is 4.79 Å². The molecule has 0 saturated heterocycles. The largest absolute Gasteiger partial charge is 0.453 e. The van der Waals surface area contributed by atoms with E-state index in [2.05, 4.69) is 6.07 Å². The molecule has 104 valence electrons. The summed E-state index contributed by atoms with van der Waals surface area (Å²) in [6.07, 6.45) is 3.40. The quantitative estimate of drug-likeness (QED) is 0.647. The SMILES string of the molecule is Cc1ccc2oc(C(=O)c3ccc4c(c3)CCC4)cc2c1. The zero-order valence-corrected chi connectivity index (χ0v) is 12.0. The predicted octanol–water partition coefficient (Wildman–Crippen LogP) is 4.46. The Labute approximate surface area is 123 Å². The van der Waals surface area contributed by atoms with Crippen LogP contribution in [0, 0.1) is 6.92 Å². The van der Waals surface area contributed by atoms with Crippen molar-refractivity contribution < 1.29 is 9.21 Å². The molecule has 0 atom stereocenters. The molecule has 4 rings (SSSR count). The molecule has 0 N–H and O–H groups in total. The first-order valence-corrected chi connectivity index (χ1v) is 7.37. The van der Waals surface area contributed by atoms with Crippen molar-refractivity contribution in [2.75, 3.05) is 0 Å². The van der Waals surface area contributed by atoms with Crippen molar-refractivity contribution in [2.45, 2.75) is 26.2 Å². The zero-order chi connectivity index (χ0) is 14.4. The van der Waals surface area contributed by atoms with Gasteiger partial charge in [0.1, 0.15) is 5.58 Å². The summed E-state index contributed by atoms with van der Waals surface area (Å²) in [5.41, 5.74) is 5.36. The van der Waals surface area contributed by atoms with Crippen LogP contribution in [0.3, 0.4) is 0 Å². The fourth-order valence-corrected chi connectivity index (χ4v) is 3.13. The number of carbonyl (C=O) groups excluding carboxylic acids is 1. The van der Waals surface area contributed by atoms with E-state index in [1.54, 1.807) is 0 Å². The summed E-state index contributed by atoms with van der Waals surface area (Å²) in [5, 5.41) is 0.986. The molecule has 0 aliphatic heterocycles. The van der Waals surface area contributed by atoms with Crippen LogP contribution in [0.15, 0.2) is 46.9 Å².